The molecule has 6 heteroatoms. The van der Waals surface area contributed by atoms with Crippen LogP contribution in [0.2, 0.25) is 0 Å². The summed E-state index contributed by atoms with van der Waals surface area (Å²) in [7, 11) is -3.31. The Bertz CT molecular complexity index is 328. The molecule has 1 aliphatic rings. The predicted molar refractivity (Wildman–Crippen MR) is 74.3 cm³/mol. The minimum Gasteiger partial charge on any atom is -0.395 e. The third-order valence-electron chi connectivity index (χ3n) is 3.42. The summed E-state index contributed by atoms with van der Waals surface area (Å²) in [6.07, 6.45) is 5.16. The van der Waals surface area contributed by atoms with E-state index in [1.165, 1.54) is 10.7 Å². The first-order chi connectivity index (χ1) is 8.51. The second-order valence-electron chi connectivity index (χ2n) is 5.16. The molecule has 0 amide bonds. The molecule has 1 unspecified atom stereocenters. The van der Waals surface area contributed by atoms with Crippen LogP contribution < -0.4 is 0 Å². The largest absolute Gasteiger partial charge is 0.395 e. The Balaban J connectivity index is 2.75. The molecule has 0 aromatic heterocycles. The van der Waals surface area contributed by atoms with Crippen LogP contribution in [0.4, 0.5) is 0 Å². The average molecular weight is 298 g/mol. The number of aliphatic hydroxyl groups is 1. The van der Waals surface area contributed by atoms with Gasteiger partial charge in [-0.1, -0.05) is 26.2 Å². The molecule has 1 atom stereocenters. The number of sulfonamides is 1. The van der Waals surface area contributed by atoms with Gasteiger partial charge in [0.05, 0.1) is 12.4 Å². The molecule has 0 aromatic rings. The fraction of sp³-hybridized carbons (Fsp3) is 1.00. The van der Waals surface area contributed by atoms with Crippen molar-refractivity contribution in [3.63, 3.8) is 0 Å². The van der Waals surface area contributed by atoms with E-state index in [9.17, 15) is 8.42 Å². The molecule has 1 aliphatic carbocycles. The van der Waals surface area contributed by atoms with Crippen molar-refractivity contribution in [1.29, 1.82) is 0 Å². The van der Waals surface area contributed by atoms with E-state index < -0.39 is 10.0 Å². The smallest absolute Gasteiger partial charge is 0.214 e. The van der Waals surface area contributed by atoms with Gasteiger partial charge < -0.3 is 5.11 Å². The number of nitrogens with zero attached hydrogens (tertiary/aromatic N) is 1. The zero-order chi connectivity index (χ0) is 13.6. The van der Waals surface area contributed by atoms with E-state index in [4.69, 9.17) is 16.7 Å². The van der Waals surface area contributed by atoms with Crippen LogP contribution >= 0.6 is 11.6 Å². The Hall–Kier alpha value is 0.160. The van der Waals surface area contributed by atoms with E-state index in [-0.39, 0.29) is 30.9 Å². The molecule has 0 heterocycles. The maximum Gasteiger partial charge on any atom is 0.214 e. The topological polar surface area (TPSA) is 57.6 Å². The maximum absolute atomic E-state index is 12.3. The third-order valence-corrected chi connectivity index (χ3v) is 6.13. The van der Waals surface area contributed by atoms with Crippen molar-refractivity contribution in [2.75, 3.05) is 24.8 Å². The lowest BCUT2D eigenvalue weighted by Gasteiger charge is -2.33. The Morgan fingerprint density at radius 3 is 2.44 bits per heavy atom. The van der Waals surface area contributed by atoms with Gasteiger partial charge in [-0.05, 0) is 18.8 Å². The molecule has 0 bridgehead atoms. The summed E-state index contributed by atoms with van der Waals surface area (Å²) in [6, 6.07) is 0.0680. The fourth-order valence-corrected chi connectivity index (χ4v) is 4.81. The van der Waals surface area contributed by atoms with E-state index in [0.29, 0.717) is 5.88 Å². The average Bonchev–Trinajstić information content (AvgIpc) is 2.36. The highest BCUT2D eigenvalue weighted by molar-refractivity contribution is 7.89. The quantitative estimate of drug-likeness (QED) is 0.729. The summed E-state index contributed by atoms with van der Waals surface area (Å²) in [4.78, 5) is 0. The van der Waals surface area contributed by atoms with E-state index in [1.54, 1.807) is 0 Å². The number of rotatable bonds is 7. The fourth-order valence-electron chi connectivity index (χ4n) is 2.52. The molecule has 1 rings (SSSR count). The number of halogens is 1. The molecule has 4 nitrogen and oxygen atoms in total. The summed E-state index contributed by atoms with van der Waals surface area (Å²) in [5.74, 6) is 0.366. The van der Waals surface area contributed by atoms with Gasteiger partial charge in [0.2, 0.25) is 10.0 Å². The Labute approximate surface area is 115 Å². The van der Waals surface area contributed by atoms with Crippen molar-refractivity contribution < 1.29 is 13.5 Å². The lowest BCUT2D eigenvalue weighted by Crippen LogP contribution is -2.45. The first-order valence-corrected chi connectivity index (χ1v) is 8.82. The lowest BCUT2D eigenvalue weighted by atomic mass is 9.95. The second-order valence-corrected chi connectivity index (χ2v) is 7.44. The van der Waals surface area contributed by atoms with Crippen molar-refractivity contribution in [3.8, 4) is 0 Å². The molecule has 18 heavy (non-hydrogen) atoms. The van der Waals surface area contributed by atoms with Crippen LogP contribution in [0.25, 0.3) is 0 Å². The highest BCUT2D eigenvalue weighted by Crippen LogP contribution is 2.25. The minimum absolute atomic E-state index is 0.0542. The molecular formula is C12H24ClNO3S. The van der Waals surface area contributed by atoms with Crippen molar-refractivity contribution in [3.05, 3.63) is 0 Å². The number of hydrogen-bond acceptors (Lipinski definition) is 3. The van der Waals surface area contributed by atoms with Crippen LogP contribution in [-0.4, -0.2) is 48.7 Å². The van der Waals surface area contributed by atoms with Crippen LogP contribution in [0.15, 0.2) is 0 Å². The first kappa shape index (κ1) is 16.2. The minimum atomic E-state index is -3.31. The zero-order valence-corrected chi connectivity index (χ0v) is 12.6. The second kappa shape index (κ2) is 7.68. The number of hydrogen-bond donors (Lipinski definition) is 1. The molecule has 0 aromatic carbocycles. The van der Waals surface area contributed by atoms with Gasteiger partial charge in [0.25, 0.3) is 0 Å². The van der Waals surface area contributed by atoms with Crippen molar-refractivity contribution in [2.45, 2.75) is 45.1 Å². The SMILES string of the molecule is CC(CCl)CS(=O)(=O)N(CCO)C1CCCCC1. The Kier molecular flexibility index (Phi) is 6.92. The van der Waals surface area contributed by atoms with Gasteiger partial charge in [-0.2, -0.15) is 4.31 Å². The summed E-state index contributed by atoms with van der Waals surface area (Å²) in [5, 5.41) is 9.09. The van der Waals surface area contributed by atoms with Gasteiger partial charge in [0, 0.05) is 18.5 Å². The molecule has 0 aliphatic heterocycles. The number of alkyl halides is 1. The summed E-state index contributed by atoms with van der Waals surface area (Å²) in [5.41, 5.74) is 0. The van der Waals surface area contributed by atoms with Crippen molar-refractivity contribution >= 4 is 21.6 Å². The molecular weight excluding hydrogens is 274 g/mol. The third kappa shape index (κ3) is 4.68. The van der Waals surface area contributed by atoms with E-state index in [2.05, 4.69) is 0 Å². The van der Waals surface area contributed by atoms with E-state index in [1.807, 2.05) is 6.92 Å². The Morgan fingerprint density at radius 1 is 1.33 bits per heavy atom. The predicted octanol–water partition coefficient (Wildman–Crippen LogP) is 1.82. The van der Waals surface area contributed by atoms with Crippen LogP contribution in [0.1, 0.15) is 39.0 Å². The summed E-state index contributed by atoms with van der Waals surface area (Å²) in [6.45, 7) is 1.93. The summed E-state index contributed by atoms with van der Waals surface area (Å²) >= 11 is 5.69. The van der Waals surface area contributed by atoms with E-state index in [0.717, 1.165) is 25.7 Å². The monoisotopic (exact) mass is 297 g/mol. The molecule has 0 spiro atoms. The zero-order valence-electron chi connectivity index (χ0n) is 11.0. The highest BCUT2D eigenvalue weighted by atomic mass is 35.5. The molecule has 1 fully saturated rings. The maximum atomic E-state index is 12.3. The highest BCUT2D eigenvalue weighted by Gasteiger charge is 2.31. The first-order valence-electron chi connectivity index (χ1n) is 6.67. The van der Waals surface area contributed by atoms with Crippen LogP contribution in [0.5, 0.6) is 0 Å². The van der Waals surface area contributed by atoms with Crippen LogP contribution in [-0.2, 0) is 10.0 Å². The Morgan fingerprint density at radius 2 is 1.94 bits per heavy atom. The lowest BCUT2D eigenvalue weighted by molar-refractivity contribution is 0.199. The molecule has 1 saturated carbocycles. The van der Waals surface area contributed by atoms with Gasteiger partial charge in [-0.15, -0.1) is 11.6 Å². The molecule has 0 radical (unpaired) electrons. The van der Waals surface area contributed by atoms with Gasteiger partial charge >= 0.3 is 0 Å². The molecule has 108 valence electrons. The van der Waals surface area contributed by atoms with E-state index >= 15 is 0 Å². The molecule has 0 saturated heterocycles. The number of aliphatic hydroxyl groups excluding tert-OH is 1. The van der Waals surface area contributed by atoms with Crippen LogP contribution in [0, 0.1) is 5.92 Å². The van der Waals surface area contributed by atoms with Crippen molar-refractivity contribution in [2.24, 2.45) is 5.92 Å². The van der Waals surface area contributed by atoms with Gasteiger partial charge in [0.1, 0.15) is 0 Å². The van der Waals surface area contributed by atoms with Gasteiger partial charge in [0.15, 0.2) is 0 Å². The van der Waals surface area contributed by atoms with Gasteiger partial charge in [-0.25, -0.2) is 8.42 Å². The standard InChI is InChI=1S/C12H24ClNO3S/c1-11(9-13)10-18(16,17)14(7-8-15)12-5-3-2-4-6-12/h11-12,15H,2-10H2,1H3. The van der Waals surface area contributed by atoms with Gasteiger partial charge in [-0.3, -0.25) is 0 Å². The normalized spacial score (nSPS) is 20.2. The molecule has 1 N–H and O–H groups in total. The summed E-state index contributed by atoms with van der Waals surface area (Å²) < 4.78 is 26.2. The van der Waals surface area contributed by atoms with Crippen LogP contribution in [0.3, 0.4) is 0 Å². The van der Waals surface area contributed by atoms with Crippen molar-refractivity contribution in [1.82, 2.24) is 4.31 Å².